The zero-order valence-electron chi connectivity index (χ0n) is 12.2. The Morgan fingerprint density at radius 1 is 1.44 bits per heavy atom. The first-order valence-electron chi connectivity index (χ1n) is 7.06. The predicted octanol–water partition coefficient (Wildman–Crippen LogP) is 1.90. The van der Waals surface area contributed by atoms with Crippen LogP contribution in [0.25, 0.3) is 0 Å². The number of nitrogens with zero attached hydrogens (tertiary/aromatic N) is 2. The van der Waals surface area contributed by atoms with Gasteiger partial charge in [-0.05, 0) is 39.3 Å². The van der Waals surface area contributed by atoms with Crippen LogP contribution in [0.5, 0.6) is 0 Å². The summed E-state index contributed by atoms with van der Waals surface area (Å²) in [5.74, 6) is -0.0143. The Morgan fingerprint density at radius 2 is 2.11 bits per heavy atom. The van der Waals surface area contributed by atoms with Crippen LogP contribution in [0.1, 0.15) is 40.0 Å². The maximum atomic E-state index is 10.7. The van der Waals surface area contributed by atoms with Crippen molar-refractivity contribution in [3.8, 4) is 0 Å². The zero-order chi connectivity index (χ0) is 13.7. The molecule has 0 bridgehead atoms. The van der Waals surface area contributed by atoms with Crippen LogP contribution in [-0.2, 0) is 4.79 Å². The largest absolute Gasteiger partial charge is 0.481 e. The highest BCUT2D eigenvalue weighted by atomic mass is 16.4. The molecule has 2 unspecified atom stereocenters. The van der Waals surface area contributed by atoms with Gasteiger partial charge >= 0.3 is 5.97 Å². The van der Waals surface area contributed by atoms with Crippen molar-refractivity contribution in [3.05, 3.63) is 0 Å². The van der Waals surface area contributed by atoms with Crippen molar-refractivity contribution < 1.29 is 9.90 Å². The van der Waals surface area contributed by atoms with Crippen LogP contribution in [0, 0.1) is 5.92 Å². The summed E-state index contributed by atoms with van der Waals surface area (Å²) in [6.07, 6.45) is 2.20. The summed E-state index contributed by atoms with van der Waals surface area (Å²) in [5.41, 5.74) is 0. The summed E-state index contributed by atoms with van der Waals surface area (Å²) in [6, 6.07) is 0.915. The van der Waals surface area contributed by atoms with Crippen molar-refractivity contribution in [2.24, 2.45) is 5.92 Å². The average Bonchev–Trinajstić information content (AvgIpc) is 2.39. The molecule has 0 aromatic heterocycles. The molecule has 4 nitrogen and oxygen atoms in total. The van der Waals surface area contributed by atoms with Gasteiger partial charge in [0.1, 0.15) is 0 Å². The van der Waals surface area contributed by atoms with Gasteiger partial charge in [0, 0.05) is 31.6 Å². The fourth-order valence-electron chi connectivity index (χ4n) is 2.72. The van der Waals surface area contributed by atoms with E-state index in [1.54, 1.807) is 0 Å². The summed E-state index contributed by atoms with van der Waals surface area (Å²) in [6.45, 7) is 9.98. The molecule has 0 radical (unpaired) electrons. The molecule has 0 spiro atoms. The Labute approximate surface area is 111 Å². The van der Waals surface area contributed by atoms with Gasteiger partial charge in [0.2, 0.25) is 0 Å². The molecule has 18 heavy (non-hydrogen) atoms. The number of hydrogen-bond donors (Lipinski definition) is 1. The number of carboxylic acids is 1. The van der Waals surface area contributed by atoms with Crippen LogP contribution in [0.3, 0.4) is 0 Å². The lowest BCUT2D eigenvalue weighted by atomic mass is 10.1. The van der Waals surface area contributed by atoms with E-state index in [2.05, 4.69) is 37.6 Å². The van der Waals surface area contributed by atoms with E-state index in [-0.39, 0.29) is 6.42 Å². The third-order valence-electron chi connectivity index (χ3n) is 3.92. The number of aliphatic carboxylic acids is 1. The number of carbonyl (C=O) groups is 1. The topological polar surface area (TPSA) is 43.8 Å². The first-order chi connectivity index (χ1) is 8.40. The van der Waals surface area contributed by atoms with E-state index in [9.17, 15) is 4.79 Å². The quantitative estimate of drug-likeness (QED) is 0.816. The standard InChI is InChI=1S/C14H28N2O2/c1-11(2)9-16-8-7-12(3)15(4)13(10-16)5-6-14(17)18/h11-13H,5-10H2,1-4H3,(H,17,18). The second kappa shape index (κ2) is 7.10. The number of rotatable bonds is 5. The molecule has 0 amide bonds. The van der Waals surface area contributed by atoms with Gasteiger partial charge in [0.25, 0.3) is 0 Å². The van der Waals surface area contributed by atoms with Crippen molar-refractivity contribution in [2.75, 3.05) is 26.7 Å². The highest BCUT2D eigenvalue weighted by molar-refractivity contribution is 5.66. The molecule has 4 heteroatoms. The Morgan fingerprint density at radius 3 is 2.67 bits per heavy atom. The van der Waals surface area contributed by atoms with Crippen LogP contribution >= 0.6 is 0 Å². The Balaban J connectivity index is 2.60. The number of hydrogen-bond acceptors (Lipinski definition) is 3. The van der Waals surface area contributed by atoms with E-state index < -0.39 is 5.97 Å². The molecule has 0 saturated carbocycles. The fourth-order valence-corrected chi connectivity index (χ4v) is 2.72. The molecule has 106 valence electrons. The molecule has 0 aromatic rings. The molecule has 1 fully saturated rings. The summed E-state index contributed by atoms with van der Waals surface area (Å²) >= 11 is 0. The molecule has 1 aliphatic rings. The van der Waals surface area contributed by atoms with Crippen LogP contribution in [-0.4, -0.2) is 59.6 Å². The lowest BCUT2D eigenvalue weighted by molar-refractivity contribution is -0.137. The summed E-state index contributed by atoms with van der Waals surface area (Å²) in [7, 11) is 2.13. The van der Waals surface area contributed by atoms with Crippen molar-refractivity contribution in [1.29, 1.82) is 0 Å². The van der Waals surface area contributed by atoms with Crippen LogP contribution in [0.2, 0.25) is 0 Å². The number of likely N-dealkylation sites (N-methyl/N-ethyl adjacent to an activating group) is 1. The molecule has 1 aliphatic heterocycles. The normalized spacial score (nSPS) is 27.4. The van der Waals surface area contributed by atoms with Gasteiger partial charge in [-0.25, -0.2) is 0 Å². The first-order valence-corrected chi connectivity index (χ1v) is 7.06. The summed E-state index contributed by atoms with van der Waals surface area (Å²) in [5, 5.41) is 8.85. The van der Waals surface area contributed by atoms with E-state index in [4.69, 9.17) is 5.11 Å². The monoisotopic (exact) mass is 256 g/mol. The van der Waals surface area contributed by atoms with Gasteiger partial charge in [0.15, 0.2) is 0 Å². The fraction of sp³-hybridized carbons (Fsp3) is 0.929. The SMILES string of the molecule is CC(C)CN1CCC(C)N(C)C(CCC(=O)O)C1. The van der Waals surface area contributed by atoms with Crippen LogP contribution in [0.15, 0.2) is 0 Å². The Kier molecular flexibility index (Phi) is 6.09. The molecule has 1 rings (SSSR count). The third kappa shape index (κ3) is 4.94. The number of carboxylic acid groups (broad SMARTS) is 1. The molecule has 1 saturated heterocycles. The van der Waals surface area contributed by atoms with E-state index >= 15 is 0 Å². The van der Waals surface area contributed by atoms with E-state index in [1.165, 1.54) is 6.42 Å². The van der Waals surface area contributed by atoms with Crippen molar-refractivity contribution in [3.63, 3.8) is 0 Å². The molecule has 1 heterocycles. The van der Waals surface area contributed by atoms with Crippen molar-refractivity contribution >= 4 is 5.97 Å². The molecular weight excluding hydrogens is 228 g/mol. The van der Waals surface area contributed by atoms with Crippen molar-refractivity contribution in [1.82, 2.24) is 9.80 Å². The van der Waals surface area contributed by atoms with E-state index in [1.807, 2.05) is 0 Å². The van der Waals surface area contributed by atoms with Crippen LogP contribution < -0.4 is 0 Å². The van der Waals surface area contributed by atoms with Crippen molar-refractivity contribution in [2.45, 2.75) is 52.1 Å². The predicted molar refractivity (Wildman–Crippen MR) is 73.8 cm³/mol. The smallest absolute Gasteiger partial charge is 0.303 e. The molecule has 2 atom stereocenters. The lowest BCUT2D eigenvalue weighted by Gasteiger charge is -2.31. The minimum atomic E-state index is -0.685. The molecule has 0 aromatic carbocycles. The van der Waals surface area contributed by atoms with Gasteiger partial charge in [-0.1, -0.05) is 13.8 Å². The second-order valence-electron chi connectivity index (χ2n) is 6.04. The first kappa shape index (κ1) is 15.4. The van der Waals surface area contributed by atoms with Crippen LogP contribution in [0.4, 0.5) is 0 Å². The lowest BCUT2D eigenvalue weighted by Crippen LogP contribution is -2.42. The van der Waals surface area contributed by atoms with Gasteiger partial charge < -0.3 is 10.0 Å². The van der Waals surface area contributed by atoms with E-state index in [0.29, 0.717) is 18.0 Å². The highest BCUT2D eigenvalue weighted by Crippen LogP contribution is 2.18. The minimum Gasteiger partial charge on any atom is -0.481 e. The highest BCUT2D eigenvalue weighted by Gasteiger charge is 2.27. The van der Waals surface area contributed by atoms with Gasteiger partial charge in [-0.15, -0.1) is 0 Å². The average molecular weight is 256 g/mol. The molecule has 0 aliphatic carbocycles. The second-order valence-corrected chi connectivity index (χ2v) is 6.04. The van der Waals surface area contributed by atoms with E-state index in [0.717, 1.165) is 26.1 Å². The Hall–Kier alpha value is -0.610. The zero-order valence-corrected chi connectivity index (χ0v) is 12.2. The molecular formula is C14H28N2O2. The maximum absolute atomic E-state index is 10.7. The third-order valence-corrected chi connectivity index (χ3v) is 3.92. The van der Waals surface area contributed by atoms with Gasteiger partial charge in [-0.2, -0.15) is 0 Å². The Bertz CT molecular complexity index is 269. The minimum absolute atomic E-state index is 0.275. The molecule has 1 N–H and O–H groups in total. The summed E-state index contributed by atoms with van der Waals surface area (Å²) in [4.78, 5) is 15.6. The van der Waals surface area contributed by atoms with Gasteiger partial charge in [-0.3, -0.25) is 9.69 Å². The van der Waals surface area contributed by atoms with Gasteiger partial charge in [0.05, 0.1) is 0 Å². The summed E-state index contributed by atoms with van der Waals surface area (Å²) < 4.78 is 0. The maximum Gasteiger partial charge on any atom is 0.303 e.